The maximum Gasteiger partial charge on any atom is 0.339 e. The highest BCUT2D eigenvalue weighted by Crippen LogP contribution is 2.72. The van der Waals surface area contributed by atoms with Crippen LogP contribution in [0.3, 0.4) is 0 Å². The number of carbonyl (C=O) groups is 2. The molecule has 39 heavy (non-hydrogen) atoms. The third-order valence-corrected chi connectivity index (χ3v) is 10.5. The van der Waals surface area contributed by atoms with Crippen molar-refractivity contribution in [2.75, 3.05) is 6.61 Å². The van der Waals surface area contributed by atoms with Crippen LogP contribution in [0.2, 0.25) is 0 Å². The highest BCUT2D eigenvalue weighted by atomic mass is 16.7. The molecule has 1 saturated heterocycles. The molecule has 0 amide bonds. The number of ether oxygens (including phenoxy) is 3. The molecule has 0 unspecified atom stereocenters. The Bertz CT molecular complexity index is 1320. The van der Waals surface area contributed by atoms with E-state index in [4.69, 9.17) is 14.2 Å². The van der Waals surface area contributed by atoms with Gasteiger partial charge in [0.1, 0.15) is 6.10 Å². The zero-order chi connectivity index (χ0) is 28.1. The van der Waals surface area contributed by atoms with Gasteiger partial charge in [0.05, 0.1) is 17.6 Å². The lowest BCUT2D eigenvalue weighted by atomic mass is 9.59. The van der Waals surface area contributed by atoms with Crippen molar-refractivity contribution in [2.24, 2.45) is 34.5 Å². The van der Waals surface area contributed by atoms with Crippen LogP contribution in [0.1, 0.15) is 60.5 Å². The Morgan fingerprint density at radius 3 is 2.51 bits per heavy atom. The number of carbonyl (C=O) groups excluding carboxylic acids is 2. The van der Waals surface area contributed by atoms with E-state index in [0.29, 0.717) is 17.1 Å². The summed E-state index contributed by atoms with van der Waals surface area (Å²) in [6.07, 6.45) is 4.55. The van der Waals surface area contributed by atoms with Crippen molar-refractivity contribution in [3.05, 3.63) is 65.3 Å². The summed E-state index contributed by atoms with van der Waals surface area (Å²) in [6.45, 7) is 14.1. The predicted molar refractivity (Wildman–Crippen MR) is 147 cm³/mol. The number of hydrogen-bond donors (Lipinski definition) is 1. The summed E-state index contributed by atoms with van der Waals surface area (Å²) >= 11 is 0. The van der Waals surface area contributed by atoms with Crippen LogP contribution in [-0.2, 0) is 23.8 Å². The zero-order valence-electron chi connectivity index (χ0n) is 24.0. The summed E-state index contributed by atoms with van der Waals surface area (Å²) in [5.74, 6) is -1.48. The number of Topliss-reactive ketones (excluding diaryl/α,β-unsaturated/α-hetero) is 1. The minimum atomic E-state index is -1.82. The summed E-state index contributed by atoms with van der Waals surface area (Å²) in [6, 6.07) is 9.35. The first-order valence-electron chi connectivity index (χ1n) is 14.2. The molecular weight excluding hydrogens is 492 g/mol. The standard InChI is InChI=1S/C33H40O6/c1-8-22(20-12-10-9-11-13-20)29(35)38-27-18(2)16-32-19(3)14-24-25(30(24,4)5)23(26(32)34)15-21-17-37-31(6,7)39-28(21)33(27,32)36/h8-13,15-16,19,23-25,27-28,36H,14,17H2,1-7H3/b22-8+/t19-,23+,24-,25+,27+,28-,32+,33-/m1/s1. The van der Waals surface area contributed by atoms with Crippen LogP contribution in [0.5, 0.6) is 0 Å². The van der Waals surface area contributed by atoms with Gasteiger partial charge >= 0.3 is 5.97 Å². The number of aliphatic hydroxyl groups is 1. The molecule has 6 rings (SSSR count). The minimum Gasteiger partial charge on any atom is -0.451 e. The van der Waals surface area contributed by atoms with Crippen molar-refractivity contribution in [3.8, 4) is 0 Å². The summed E-state index contributed by atoms with van der Waals surface area (Å²) in [7, 11) is 0. The van der Waals surface area contributed by atoms with Gasteiger partial charge < -0.3 is 19.3 Å². The molecule has 1 spiro atoms. The van der Waals surface area contributed by atoms with Crippen LogP contribution in [-0.4, -0.2) is 47.1 Å². The SMILES string of the molecule is C/C=C(/C(=O)O[C@H]1C(C)=C[C@]23C(=O)[C@@H](C=C4COC(C)(C)O[C@H]4[C@]12O)[C@H]1[C@@H](C[C@H]3C)C1(C)C)c1ccccc1. The quantitative estimate of drug-likeness (QED) is 0.325. The molecule has 1 aromatic rings. The fourth-order valence-corrected chi connectivity index (χ4v) is 8.49. The third-order valence-electron chi connectivity index (χ3n) is 10.5. The van der Waals surface area contributed by atoms with Crippen molar-refractivity contribution in [2.45, 2.75) is 78.5 Å². The Morgan fingerprint density at radius 2 is 1.85 bits per heavy atom. The normalized spacial score (nSPS) is 41.6. The van der Waals surface area contributed by atoms with E-state index in [-0.39, 0.29) is 35.6 Å². The summed E-state index contributed by atoms with van der Waals surface area (Å²) in [5.41, 5.74) is -0.454. The summed E-state index contributed by atoms with van der Waals surface area (Å²) < 4.78 is 18.8. The van der Waals surface area contributed by atoms with Crippen molar-refractivity contribution < 1.29 is 28.9 Å². The fourth-order valence-electron chi connectivity index (χ4n) is 8.49. The first-order chi connectivity index (χ1) is 18.3. The van der Waals surface area contributed by atoms with Gasteiger partial charge in [-0.25, -0.2) is 4.79 Å². The molecule has 3 fully saturated rings. The molecule has 1 aromatic carbocycles. The van der Waals surface area contributed by atoms with E-state index in [0.717, 1.165) is 17.6 Å². The van der Waals surface area contributed by atoms with Crippen molar-refractivity contribution in [1.82, 2.24) is 0 Å². The molecule has 0 radical (unpaired) electrons. The Morgan fingerprint density at radius 1 is 1.15 bits per heavy atom. The van der Waals surface area contributed by atoms with E-state index >= 15 is 0 Å². The molecule has 1 aliphatic heterocycles. The number of esters is 1. The average molecular weight is 533 g/mol. The fraction of sp³-hybridized carbons (Fsp3) is 0.576. The lowest BCUT2D eigenvalue weighted by Gasteiger charge is -2.52. The van der Waals surface area contributed by atoms with E-state index < -0.39 is 35.0 Å². The molecule has 4 aliphatic carbocycles. The molecule has 2 saturated carbocycles. The summed E-state index contributed by atoms with van der Waals surface area (Å²) in [4.78, 5) is 28.5. The second-order valence-corrected chi connectivity index (χ2v) is 13.3. The lowest BCUT2D eigenvalue weighted by Crippen LogP contribution is -2.68. The molecule has 6 nitrogen and oxygen atoms in total. The van der Waals surface area contributed by atoms with Gasteiger partial charge in [-0.3, -0.25) is 4.79 Å². The topological polar surface area (TPSA) is 82.1 Å². The second-order valence-electron chi connectivity index (χ2n) is 13.3. The highest BCUT2D eigenvalue weighted by molar-refractivity contribution is 6.16. The minimum absolute atomic E-state index is 0.00564. The van der Waals surface area contributed by atoms with Crippen LogP contribution < -0.4 is 0 Å². The molecular formula is C33H40O6. The van der Waals surface area contributed by atoms with Crippen molar-refractivity contribution in [3.63, 3.8) is 0 Å². The van der Waals surface area contributed by atoms with Crippen LogP contribution in [0.15, 0.2) is 59.7 Å². The molecule has 8 atom stereocenters. The molecule has 2 bridgehead atoms. The lowest BCUT2D eigenvalue weighted by molar-refractivity contribution is -0.303. The van der Waals surface area contributed by atoms with Crippen LogP contribution in [0.25, 0.3) is 5.57 Å². The van der Waals surface area contributed by atoms with E-state index in [1.807, 2.05) is 63.3 Å². The van der Waals surface area contributed by atoms with Gasteiger partial charge in [-0.15, -0.1) is 0 Å². The third kappa shape index (κ3) is 3.50. The van der Waals surface area contributed by atoms with Crippen LogP contribution in [0.4, 0.5) is 0 Å². The maximum atomic E-state index is 14.8. The molecule has 6 heteroatoms. The number of rotatable bonds is 3. The van der Waals surface area contributed by atoms with E-state index in [2.05, 4.69) is 20.8 Å². The average Bonchev–Trinajstić information content (AvgIpc) is 3.37. The first-order valence-corrected chi connectivity index (χ1v) is 14.2. The molecule has 208 valence electrons. The molecule has 1 heterocycles. The number of fused-ring (bicyclic) bond motifs is 5. The van der Waals surface area contributed by atoms with Crippen molar-refractivity contribution >= 4 is 17.3 Å². The summed E-state index contributed by atoms with van der Waals surface area (Å²) in [5, 5.41) is 13.1. The van der Waals surface area contributed by atoms with Gasteiger partial charge in [0.2, 0.25) is 0 Å². The van der Waals surface area contributed by atoms with E-state index in [1.165, 1.54) is 0 Å². The first kappa shape index (κ1) is 26.7. The molecule has 0 aromatic heterocycles. The van der Waals surface area contributed by atoms with Gasteiger partial charge in [0, 0.05) is 5.92 Å². The van der Waals surface area contributed by atoms with Gasteiger partial charge in [-0.1, -0.05) is 69.3 Å². The van der Waals surface area contributed by atoms with Gasteiger partial charge in [0.15, 0.2) is 23.3 Å². The van der Waals surface area contributed by atoms with Crippen LogP contribution in [0, 0.1) is 34.5 Å². The largest absolute Gasteiger partial charge is 0.451 e. The second kappa shape index (κ2) is 8.48. The zero-order valence-corrected chi connectivity index (χ0v) is 24.0. The predicted octanol–water partition coefficient (Wildman–Crippen LogP) is 5.27. The smallest absolute Gasteiger partial charge is 0.339 e. The van der Waals surface area contributed by atoms with Gasteiger partial charge in [-0.05, 0) is 74.0 Å². The highest BCUT2D eigenvalue weighted by Gasteiger charge is 2.77. The Kier molecular flexibility index (Phi) is 5.80. The maximum absolute atomic E-state index is 14.8. The van der Waals surface area contributed by atoms with Crippen molar-refractivity contribution in [1.29, 1.82) is 0 Å². The van der Waals surface area contributed by atoms with E-state index in [9.17, 15) is 14.7 Å². The Labute approximate surface area is 231 Å². The number of hydrogen-bond acceptors (Lipinski definition) is 6. The number of benzene rings is 1. The van der Waals surface area contributed by atoms with Gasteiger partial charge in [0.25, 0.3) is 0 Å². The Balaban J connectivity index is 1.49. The molecule has 5 aliphatic rings. The number of ketones is 1. The molecule has 1 N–H and O–H groups in total. The van der Waals surface area contributed by atoms with E-state index in [1.54, 1.807) is 13.0 Å². The Hall–Kier alpha value is -2.54. The van der Waals surface area contributed by atoms with Gasteiger partial charge in [-0.2, -0.15) is 0 Å². The number of allylic oxidation sites excluding steroid dienone is 2. The van der Waals surface area contributed by atoms with Crippen LogP contribution >= 0.6 is 0 Å². The monoisotopic (exact) mass is 532 g/mol.